The van der Waals surface area contributed by atoms with E-state index in [1.54, 1.807) is 24.3 Å². The monoisotopic (exact) mass is 302 g/mol. The van der Waals surface area contributed by atoms with Gasteiger partial charge in [-0.3, -0.25) is 4.79 Å². The lowest BCUT2D eigenvalue weighted by Crippen LogP contribution is -2.09. The van der Waals surface area contributed by atoms with Gasteiger partial charge in [0.25, 0.3) is 0 Å². The Morgan fingerprint density at radius 1 is 1.38 bits per heavy atom. The van der Waals surface area contributed by atoms with E-state index >= 15 is 0 Å². The Kier molecular flexibility index (Phi) is 5.08. The van der Waals surface area contributed by atoms with Crippen LogP contribution in [0.25, 0.3) is 0 Å². The summed E-state index contributed by atoms with van der Waals surface area (Å²) in [5, 5.41) is 10.4. The molecule has 4 heteroatoms. The van der Waals surface area contributed by atoms with Crippen LogP contribution in [0.3, 0.4) is 0 Å². The molecule has 1 aliphatic carbocycles. The van der Waals surface area contributed by atoms with Gasteiger partial charge in [-0.05, 0) is 31.4 Å². The number of rotatable bonds is 3. The molecular formula is C17H15ClO3. The van der Waals surface area contributed by atoms with E-state index in [4.69, 9.17) is 16.3 Å². The minimum Gasteiger partial charge on any atom is -0.507 e. The van der Waals surface area contributed by atoms with E-state index in [0.717, 1.165) is 0 Å². The highest BCUT2D eigenvalue weighted by molar-refractivity contribution is 6.31. The number of Topliss-reactive ketones (excluding diaryl/α,β-unsaturated/α-hetero) is 1. The average molecular weight is 303 g/mol. The molecule has 0 aliphatic heterocycles. The van der Waals surface area contributed by atoms with E-state index in [1.165, 1.54) is 6.08 Å². The van der Waals surface area contributed by atoms with Crippen molar-refractivity contribution in [3.05, 3.63) is 58.0 Å². The molecule has 2 rings (SSSR count). The minimum atomic E-state index is -0.390. The third-order valence-corrected chi connectivity index (χ3v) is 3.35. The lowest BCUT2D eigenvalue weighted by atomic mass is 9.98. The first-order chi connectivity index (χ1) is 10.1. The van der Waals surface area contributed by atoms with Crippen molar-refractivity contribution in [2.45, 2.75) is 19.8 Å². The number of carbonyl (C=O) groups is 1. The van der Waals surface area contributed by atoms with Gasteiger partial charge in [0.15, 0.2) is 0 Å². The van der Waals surface area contributed by atoms with Crippen molar-refractivity contribution in [2.75, 3.05) is 6.61 Å². The molecule has 108 valence electrons. The summed E-state index contributed by atoms with van der Waals surface area (Å²) in [5.41, 5.74) is 0.909. The van der Waals surface area contributed by atoms with Crippen molar-refractivity contribution >= 4 is 17.4 Å². The number of ether oxygens (including phenoxy) is 1. The summed E-state index contributed by atoms with van der Waals surface area (Å²) in [6.07, 6.45) is 2.50. The Hall–Kier alpha value is -2.18. The summed E-state index contributed by atoms with van der Waals surface area (Å²) in [7, 11) is 0. The maximum Gasteiger partial charge on any atom is 0.235 e. The van der Waals surface area contributed by atoms with E-state index < -0.39 is 0 Å². The lowest BCUT2D eigenvalue weighted by molar-refractivity contribution is -0.110. The molecule has 0 heterocycles. The zero-order valence-electron chi connectivity index (χ0n) is 11.6. The molecule has 1 aliphatic rings. The van der Waals surface area contributed by atoms with Crippen LogP contribution in [-0.2, 0) is 9.53 Å². The van der Waals surface area contributed by atoms with Gasteiger partial charge in [-0.1, -0.05) is 29.7 Å². The molecule has 1 aromatic carbocycles. The van der Waals surface area contributed by atoms with E-state index in [0.29, 0.717) is 41.4 Å². The van der Waals surface area contributed by atoms with Crippen molar-refractivity contribution in [2.24, 2.45) is 0 Å². The first kappa shape index (κ1) is 15.2. The lowest BCUT2D eigenvalue weighted by Gasteiger charge is -2.14. The second-order valence-corrected chi connectivity index (χ2v) is 4.87. The molecule has 0 radical (unpaired) electrons. The number of hydrogen-bond acceptors (Lipinski definition) is 3. The summed E-state index contributed by atoms with van der Waals surface area (Å²) in [6.45, 7) is 2.41. The molecule has 0 saturated carbocycles. The summed E-state index contributed by atoms with van der Waals surface area (Å²) < 4.78 is 5.33. The predicted octanol–water partition coefficient (Wildman–Crippen LogP) is 3.79. The number of allylic oxidation sites excluding steroid dienone is 3. The Morgan fingerprint density at radius 3 is 2.81 bits per heavy atom. The molecular weight excluding hydrogens is 288 g/mol. The molecule has 0 bridgehead atoms. The molecule has 0 atom stereocenters. The number of aliphatic hydroxyl groups is 1. The van der Waals surface area contributed by atoms with E-state index in [2.05, 4.69) is 11.8 Å². The largest absolute Gasteiger partial charge is 0.507 e. The average Bonchev–Trinajstić information content (AvgIpc) is 2.46. The standard InChI is InChI=1S/C17H15ClO3/c1-2-21-13-8-9-14(17(20)11-13)16(19)10-7-12-5-3-4-6-15(12)18/h3-6,11,20H,2,8-9H2,1H3. The first-order valence-electron chi connectivity index (χ1n) is 6.68. The number of halogens is 1. The van der Waals surface area contributed by atoms with Crippen LogP contribution in [0.2, 0.25) is 5.02 Å². The first-order valence-corrected chi connectivity index (χ1v) is 7.06. The second-order valence-electron chi connectivity index (χ2n) is 4.47. The summed E-state index contributed by atoms with van der Waals surface area (Å²) in [4.78, 5) is 12.1. The maximum absolute atomic E-state index is 12.1. The highest BCUT2D eigenvalue weighted by atomic mass is 35.5. The fourth-order valence-corrected chi connectivity index (χ4v) is 2.16. The van der Waals surface area contributed by atoms with Crippen molar-refractivity contribution in [3.63, 3.8) is 0 Å². The molecule has 0 aromatic heterocycles. The van der Waals surface area contributed by atoms with Gasteiger partial charge in [0.1, 0.15) is 5.76 Å². The highest BCUT2D eigenvalue weighted by Gasteiger charge is 2.18. The smallest absolute Gasteiger partial charge is 0.235 e. The van der Waals surface area contributed by atoms with Gasteiger partial charge in [0, 0.05) is 18.1 Å². The molecule has 0 amide bonds. The van der Waals surface area contributed by atoms with Crippen LogP contribution < -0.4 is 0 Å². The number of aliphatic hydroxyl groups excluding tert-OH is 1. The highest BCUT2D eigenvalue weighted by Crippen LogP contribution is 2.24. The van der Waals surface area contributed by atoms with Crippen LogP contribution >= 0.6 is 11.6 Å². The Bertz CT molecular complexity index is 675. The zero-order valence-corrected chi connectivity index (χ0v) is 12.4. The molecule has 1 N–H and O–H groups in total. The number of hydrogen-bond donors (Lipinski definition) is 1. The quantitative estimate of drug-likeness (QED) is 0.864. The topological polar surface area (TPSA) is 46.5 Å². The Labute approximate surface area is 128 Å². The van der Waals surface area contributed by atoms with E-state index in [1.807, 2.05) is 6.92 Å². The van der Waals surface area contributed by atoms with Crippen molar-refractivity contribution in [3.8, 4) is 11.8 Å². The molecule has 3 nitrogen and oxygen atoms in total. The number of ketones is 1. The van der Waals surface area contributed by atoms with Crippen LogP contribution in [0.4, 0.5) is 0 Å². The predicted molar refractivity (Wildman–Crippen MR) is 81.9 cm³/mol. The van der Waals surface area contributed by atoms with Crippen molar-refractivity contribution in [1.29, 1.82) is 0 Å². The summed E-state index contributed by atoms with van der Waals surface area (Å²) in [6, 6.07) is 7.05. The molecule has 0 fully saturated rings. The molecule has 0 unspecified atom stereocenters. The maximum atomic E-state index is 12.1. The normalized spacial score (nSPS) is 14.1. The second kappa shape index (κ2) is 7.01. The van der Waals surface area contributed by atoms with Gasteiger partial charge in [0.2, 0.25) is 5.78 Å². The number of carbonyl (C=O) groups excluding carboxylic acids is 1. The van der Waals surface area contributed by atoms with Crippen LogP contribution in [-0.4, -0.2) is 17.5 Å². The van der Waals surface area contributed by atoms with Crippen molar-refractivity contribution in [1.82, 2.24) is 0 Å². The number of benzene rings is 1. The molecule has 21 heavy (non-hydrogen) atoms. The SMILES string of the molecule is CCOC1=CC(O)=C(C(=O)C#Cc2ccccc2Cl)CC1. The van der Waals surface area contributed by atoms with E-state index in [-0.39, 0.29) is 11.5 Å². The zero-order chi connectivity index (χ0) is 15.2. The molecule has 0 spiro atoms. The Balaban J connectivity index is 2.19. The van der Waals surface area contributed by atoms with Crippen LogP contribution in [0, 0.1) is 11.8 Å². The Morgan fingerprint density at radius 2 is 2.14 bits per heavy atom. The third kappa shape index (κ3) is 3.90. The van der Waals surface area contributed by atoms with Gasteiger partial charge in [-0.15, -0.1) is 0 Å². The third-order valence-electron chi connectivity index (χ3n) is 3.02. The van der Waals surface area contributed by atoms with Gasteiger partial charge in [-0.2, -0.15) is 0 Å². The fraction of sp³-hybridized carbons (Fsp3) is 0.235. The summed E-state index contributed by atoms with van der Waals surface area (Å²) in [5.74, 6) is 5.49. The van der Waals surface area contributed by atoms with Crippen molar-refractivity contribution < 1.29 is 14.6 Å². The molecule has 1 aromatic rings. The minimum absolute atomic E-state index is 0.0665. The van der Waals surface area contributed by atoms with Crippen LogP contribution in [0.5, 0.6) is 0 Å². The van der Waals surface area contributed by atoms with Gasteiger partial charge >= 0.3 is 0 Å². The van der Waals surface area contributed by atoms with Gasteiger partial charge in [0.05, 0.1) is 23.0 Å². The summed E-state index contributed by atoms with van der Waals surface area (Å²) >= 11 is 5.97. The fourth-order valence-electron chi connectivity index (χ4n) is 1.98. The van der Waals surface area contributed by atoms with Gasteiger partial charge < -0.3 is 9.84 Å². The van der Waals surface area contributed by atoms with Gasteiger partial charge in [-0.25, -0.2) is 0 Å². The molecule has 0 saturated heterocycles. The van der Waals surface area contributed by atoms with E-state index in [9.17, 15) is 9.90 Å². The van der Waals surface area contributed by atoms with Crippen LogP contribution in [0.15, 0.2) is 47.4 Å². The van der Waals surface area contributed by atoms with Crippen LogP contribution in [0.1, 0.15) is 25.3 Å².